The van der Waals surface area contributed by atoms with Gasteiger partial charge in [0.1, 0.15) is 34.5 Å². The molecule has 270 valence electrons. The highest BCUT2D eigenvalue weighted by Gasteiger charge is 2.22. The average Bonchev–Trinajstić information content (AvgIpc) is 3.89. The zero-order chi connectivity index (χ0) is 37.4. The molecule has 0 aliphatic heterocycles. The van der Waals surface area contributed by atoms with E-state index >= 15 is 0 Å². The van der Waals surface area contributed by atoms with Gasteiger partial charge in [-0.1, -0.05) is 49.2 Å². The molecule has 0 aliphatic rings. The summed E-state index contributed by atoms with van der Waals surface area (Å²) >= 11 is 12.4. The minimum absolute atomic E-state index is 0.318. The van der Waals surface area contributed by atoms with E-state index in [4.69, 9.17) is 28.9 Å². The molecular formula is C37H32Cl2F2N10O2. The number of H-pyrrole nitrogens is 1. The Labute approximate surface area is 310 Å². The van der Waals surface area contributed by atoms with Crippen molar-refractivity contribution in [2.24, 2.45) is 5.73 Å². The van der Waals surface area contributed by atoms with Gasteiger partial charge in [0.2, 0.25) is 0 Å². The molecule has 0 spiro atoms. The van der Waals surface area contributed by atoms with Crippen LogP contribution in [0, 0.1) is 11.6 Å². The minimum atomic E-state index is -0.437. The topological polar surface area (TPSA) is 145 Å². The Balaban J connectivity index is 0.000000174. The van der Waals surface area contributed by atoms with E-state index in [0.717, 1.165) is 0 Å². The third kappa shape index (κ3) is 6.67. The predicted molar refractivity (Wildman–Crippen MR) is 201 cm³/mol. The minimum Gasteiger partial charge on any atom is -0.360 e. The second-order valence-electron chi connectivity index (χ2n) is 12.1. The number of nitrogens with zero attached hydrogens (tertiary/aromatic N) is 7. The largest absolute Gasteiger partial charge is 0.360 e. The lowest BCUT2D eigenvalue weighted by atomic mass is 10.1. The number of anilines is 1. The summed E-state index contributed by atoms with van der Waals surface area (Å²) in [6.07, 6.45) is 11.3. The Kier molecular flexibility index (Phi) is 9.84. The maximum absolute atomic E-state index is 14.0. The highest BCUT2D eigenvalue weighted by Crippen LogP contribution is 2.28. The number of hydrogen-bond acceptors (Lipinski definition) is 7. The zero-order valence-electron chi connectivity index (χ0n) is 28.3. The van der Waals surface area contributed by atoms with E-state index in [9.17, 15) is 18.4 Å². The molecule has 2 aromatic carbocycles. The van der Waals surface area contributed by atoms with E-state index in [1.54, 1.807) is 70.1 Å². The lowest BCUT2D eigenvalue weighted by molar-refractivity contribution is 0.619. The van der Waals surface area contributed by atoms with Crippen LogP contribution in [-0.4, -0.2) is 37.9 Å². The summed E-state index contributed by atoms with van der Waals surface area (Å²) in [6, 6.07) is 14.4. The number of halogens is 4. The normalized spacial score (nSPS) is 12.6. The molecule has 2 atom stereocenters. The molecule has 2 unspecified atom stereocenters. The van der Waals surface area contributed by atoms with Gasteiger partial charge in [-0.05, 0) is 61.4 Å². The fourth-order valence-corrected chi connectivity index (χ4v) is 6.71. The van der Waals surface area contributed by atoms with Crippen LogP contribution in [0.15, 0.2) is 108 Å². The first-order valence-corrected chi connectivity index (χ1v) is 17.4. The maximum atomic E-state index is 14.0. The molecule has 0 saturated heterocycles. The lowest BCUT2D eigenvalue weighted by Crippen LogP contribution is -2.28. The highest BCUT2D eigenvalue weighted by molar-refractivity contribution is 6.34. The molecule has 8 rings (SSSR count). The molecule has 0 radical (unpaired) electrons. The van der Waals surface area contributed by atoms with Crippen molar-refractivity contribution in [1.82, 2.24) is 37.9 Å². The fraction of sp³-hybridized carbons (Fsp3) is 0.162. The highest BCUT2D eigenvalue weighted by atomic mass is 35.5. The van der Waals surface area contributed by atoms with Crippen molar-refractivity contribution in [2.45, 2.75) is 38.8 Å². The summed E-state index contributed by atoms with van der Waals surface area (Å²) in [7, 11) is 0. The SMILES string of the molecule is CCC(N)c1cn2ccc(Cl)c2c(=O)n1-c1cccc(F)c1.CCC(Nc1ncnc2nc[nH]c12)c1cn2ccc(Cl)c2c(=O)n1-c1cccc(F)c1. The lowest BCUT2D eigenvalue weighted by Gasteiger charge is -2.23. The van der Waals surface area contributed by atoms with Gasteiger partial charge in [-0.3, -0.25) is 18.7 Å². The molecule has 6 heterocycles. The molecular weight excluding hydrogens is 725 g/mol. The number of nitrogens with one attached hydrogen (secondary N) is 2. The Hall–Kier alpha value is -5.83. The van der Waals surface area contributed by atoms with Gasteiger partial charge in [0.15, 0.2) is 11.5 Å². The van der Waals surface area contributed by atoms with E-state index in [2.05, 4.69) is 25.3 Å². The van der Waals surface area contributed by atoms with Gasteiger partial charge in [-0.2, -0.15) is 0 Å². The van der Waals surface area contributed by atoms with E-state index in [-0.39, 0.29) is 23.2 Å². The van der Waals surface area contributed by atoms with Crippen LogP contribution in [-0.2, 0) is 0 Å². The molecule has 0 fully saturated rings. The molecule has 0 bridgehead atoms. The number of rotatable bonds is 8. The Morgan fingerprint density at radius 1 is 0.792 bits per heavy atom. The number of nitrogens with two attached hydrogens (primary N) is 1. The molecule has 16 heteroatoms. The summed E-state index contributed by atoms with van der Waals surface area (Å²) < 4.78 is 33.8. The summed E-state index contributed by atoms with van der Waals surface area (Å²) in [4.78, 5) is 41.9. The number of benzene rings is 2. The van der Waals surface area contributed by atoms with Crippen LogP contribution in [0.2, 0.25) is 10.0 Å². The summed E-state index contributed by atoms with van der Waals surface area (Å²) in [5, 5.41) is 4.06. The van der Waals surface area contributed by atoms with Crippen LogP contribution in [0.5, 0.6) is 0 Å². The van der Waals surface area contributed by atoms with E-state index in [0.29, 0.717) is 73.7 Å². The third-order valence-electron chi connectivity index (χ3n) is 8.85. The van der Waals surface area contributed by atoms with Crippen molar-refractivity contribution in [3.8, 4) is 11.4 Å². The van der Waals surface area contributed by atoms with Gasteiger partial charge in [-0.15, -0.1) is 0 Å². The molecule has 53 heavy (non-hydrogen) atoms. The second-order valence-corrected chi connectivity index (χ2v) is 12.9. The standard InChI is InChI=1S/C21H17ClFN7O.C16H15ClFN3O/c1-2-15(28-20-17-19(25-10-24-17)26-11-27-20)16-9-29-7-6-14(22)18(29)21(31)30(16)13-5-3-4-12(23)8-13;1-2-13(19)14-9-20-7-6-12(17)15(20)16(22)21(14)11-5-3-4-10(18)8-11/h3-11,15H,2H2,1H3,(H2,24,25,26,27,28);3-9,13H,2,19H2,1H3. The van der Waals surface area contributed by atoms with Crippen molar-refractivity contribution in [3.63, 3.8) is 0 Å². The third-order valence-corrected chi connectivity index (χ3v) is 9.46. The molecule has 4 N–H and O–H groups in total. The number of hydrogen-bond donors (Lipinski definition) is 3. The summed E-state index contributed by atoms with van der Waals surface area (Å²) in [5.41, 5.74) is 9.42. The summed E-state index contributed by atoms with van der Waals surface area (Å²) in [5.74, 6) is -0.298. The summed E-state index contributed by atoms with van der Waals surface area (Å²) in [6.45, 7) is 3.91. The van der Waals surface area contributed by atoms with Crippen LogP contribution < -0.4 is 22.2 Å². The number of imidazole rings is 1. The van der Waals surface area contributed by atoms with Gasteiger partial charge in [0.25, 0.3) is 11.1 Å². The molecule has 0 saturated carbocycles. The first kappa shape index (κ1) is 35.6. The van der Waals surface area contributed by atoms with Gasteiger partial charge >= 0.3 is 0 Å². The van der Waals surface area contributed by atoms with Gasteiger partial charge in [0.05, 0.1) is 45.2 Å². The molecule has 0 amide bonds. The number of aromatic nitrogens is 8. The first-order valence-electron chi connectivity index (χ1n) is 16.6. The maximum Gasteiger partial charge on any atom is 0.281 e. The average molecular weight is 758 g/mol. The van der Waals surface area contributed by atoms with E-state index in [1.807, 2.05) is 20.0 Å². The van der Waals surface area contributed by atoms with Crippen molar-refractivity contribution in [2.75, 3.05) is 5.32 Å². The van der Waals surface area contributed by atoms with Crippen LogP contribution in [0.3, 0.4) is 0 Å². The smallest absolute Gasteiger partial charge is 0.281 e. The van der Waals surface area contributed by atoms with Gasteiger partial charge < -0.3 is 24.8 Å². The van der Waals surface area contributed by atoms with Crippen LogP contribution in [0.4, 0.5) is 14.6 Å². The second kappa shape index (κ2) is 14.7. The van der Waals surface area contributed by atoms with Crippen LogP contribution in [0.25, 0.3) is 33.6 Å². The Bertz CT molecular complexity index is 2730. The quantitative estimate of drug-likeness (QED) is 0.146. The van der Waals surface area contributed by atoms with Crippen LogP contribution >= 0.6 is 23.2 Å². The van der Waals surface area contributed by atoms with E-state index < -0.39 is 11.6 Å². The fourth-order valence-electron chi connectivity index (χ4n) is 6.24. The predicted octanol–water partition coefficient (Wildman–Crippen LogP) is 7.40. The van der Waals surface area contributed by atoms with Crippen molar-refractivity contribution in [3.05, 3.63) is 152 Å². The molecule has 0 aliphatic carbocycles. The molecule has 12 nitrogen and oxygen atoms in total. The molecule has 8 aromatic rings. The number of fused-ring (bicyclic) bond motifs is 3. The van der Waals surface area contributed by atoms with Crippen molar-refractivity contribution >= 4 is 51.2 Å². The van der Waals surface area contributed by atoms with Gasteiger partial charge in [-0.25, -0.2) is 23.7 Å². The first-order chi connectivity index (χ1) is 25.6. The van der Waals surface area contributed by atoms with Gasteiger partial charge in [0, 0.05) is 30.8 Å². The zero-order valence-corrected chi connectivity index (χ0v) is 29.9. The van der Waals surface area contributed by atoms with Crippen LogP contribution in [0.1, 0.15) is 50.2 Å². The number of aromatic amines is 1. The monoisotopic (exact) mass is 756 g/mol. The van der Waals surface area contributed by atoms with Crippen molar-refractivity contribution < 1.29 is 8.78 Å². The Morgan fingerprint density at radius 2 is 1.36 bits per heavy atom. The van der Waals surface area contributed by atoms with E-state index in [1.165, 1.54) is 39.7 Å². The van der Waals surface area contributed by atoms with Crippen molar-refractivity contribution in [1.29, 1.82) is 0 Å². The molecule has 6 aromatic heterocycles. The Morgan fingerprint density at radius 3 is 1.91 bits per heavy atom.